The van der Waals surface area contributed by atoms with Crippen LogP contribution in [0, 0.1) is 47.3 Å². The number of phenols is 1. The van der Waals surface area contributed by atoms with Gasteiger partial charge in [0, 0.05) is 78.3 Å². The van der Waals surface area contributed by atoms with Crippen LogP contribution in [-0.2, 0) is 17.6 Å². The van der Waals surface area contributed by atoms with Gasteiger partial charge >= 0.3 is 0 Å². The van der Waals surface area contributed by atoms with Crippen molar-refractivity contribution in [2.45, 2.75) is 101 Å². The third-order valence-electron chi connectivity index (χ3n) is 13.5. The van der Waals surface area contributed by atoms with E-state index in [1.807, 2.05) is 24.4 Å². The lowest BCUT2D eigenvalue weighted by atomic mass is 9.70. The van der Waals surface area contributed by atoms with Crippen LogP contribution in [0.1, 0.15) is 81.0 Å². The highest BCUT2D eigenvalue weighted by molar-refractivity contribution is 8.76. The van der Waals surface area contributed by atoms with Gasteiger partial charge in [-0.25, -0.2) is 0 Å². The number of aromatic hydroxyl groups is 1. The van der Waals surface area contributed by atoms with Crippen molar-refractivity contribution in [3.63, 3.8) is 0 Å². The van der Waals surface area contributed by atoms with Gasteiger partial charge in [0.05, 0.1) is 31.5 Å². The monoisotopic (exact) mass is 863 g/mol. The lowest BCUT2D eigenvalue weighted by Crippen LogP contribution is -2.42. The number of hydrogen-bond acceptors (Lipinski definition) is 12. The normalized spacial score (nSPS) is 32.5. The van der Waals surface area contributed by atoms with E-state index in [1.54, 1.807) is 21.6 Å². The Morgan fingerprint density at radius 2 is 1.85 bits per heavy atom. The van der Waals surface area contributed by atoms with Crippen LogP contribution in [0.2, 0.25) is 0 Å². The average molecular weight is 864 g/mol. The Labute approximate surface area is 363 Å². The molecule has 7 rings (SSSR count). The Hall–Kier alpha value is -3.06. The van der Waals surface area contributed by atoms with Crippen molar-refractivity contribution in [1.82, 2.24) is 10.3 Å². The van der Waals surface area contributed by atoms with E-state index in [-0.39, 0.29) is 79.5 Å². The van der Waals surface area contributed by atoms with Crippen molar-refractivity contribution < 1.29 is 40.1 Å². The second-order valence-corrected chi connectivity index (χ2v) is 19.8. The zero-order chi connectivity index (χ0) is 42.2. The number of H-pyrrole nitrogens is 1. The van der Waals surface area contributed by atoms with E-state index in [0.717, 1.165) is 60.1 Å². The Balaban J connectivity index is 1.27. The first-order valence-electron chi connectivity index (χ1n) is 22.1. The van der Waals surface area contributed by atoms with Crippen LogP contribution in [0.5, 0.6) is 11.5 Å². The zero-order valence-electron chi connectivity index (χ0n) is 34.8. The molecule has 0 radical (unpaired) electrons. The third-order valence-corrected chi connectivity index (χ3v) is 15.9. The molecule has 1 fully saturated rings. The van der Waals surface area contributed by atoms with E-state index in [9.17, 15) is 30.6 Å². The summed E-state index contributed by atoms with van der Waals surface area (Å²) in [4.78, 5) is 3.36. The van der Waals surface area contributed by atoms with E-state index in [1.165, 1.54) is 5.57 Å². The SMILES string of the molecule is CC[C@H]1Cc2cc(O)c(O[C@H]3C[C@@H](Cc4ccc[nH]4)C4=CCNC(N)=C4CSSC[C@H](CO)[C@@H]3O)cc2[C@H]2C[C@@H](O)[C@H]3[C@@H](OCCO)CCCC[C@@H](CCO)C#C[C@H]3C=C12. The Morgan fingerprint density at radius 3 is 2.62 bits per heavy atom. The summed E-state index contributed by atoms with van der Waals surface area (Å²) in [7, 11) is 3.26. The Kier molecular flexibility index (Phi) is 16.0. The van der Waals surface area contributed by atoms with Crippen molar-refractivity contribution in [3.05, 3.63) is 82.0 Å². The molecule has 2 aliphatic heterocycles. The molecular weight excluding hydrogens is 799 g/mol. The van der Waals surface area contributed by atoms with Crippen LogP contribution < -0.4 is 15.8 Å². The molecule has 0 saturated carbocycles. The maximum atomic E-state index is 12.3. The number of rotatable bonds is 11. The number of fused-ring (bicyclic) bond motifs is 5. The molecule has 1 aromatic carbocycles. The molecule has 328 valence electrons. The summed E-state index contributed by atoms with van der Waals surface area (Å²) in [5.74, 6) is 8.10. The molecule has 5 aliphatic rings. The minimum atomic E-state index is -1.04. The summed E-state index contributed by atoms with van der Waals surface area (Å²) in [5.41, 5.74) is 13.0. The first kappa shape index (κ1) is 45.0. The molecule has 2 aromatic rings. The standard InChI is InChI=1S/C47H65N3O8S2/c1-2-29-18-31-21-40(54)43(24-37(31)38-23-41(55)45-30(20-36(29)38)10-9-28(12-15-51)6-3-4-8-42(45)57-17-16-52)58-44-22-32(19-34-7-5-13-49-34)35-11-14-50-47(48)39(35)27-60-59-26-33(25-53)46(44)56/h5,7,11,13,20-21,24,28-30,32-33,38,41-42,44-46,49-56H,2-4,6,8,12,14-19,22-23,25-27,48H2,1H3/t28-,29+,30+,32-,33+,38+,41-,42+,44+,45+,46+/m1/s1. The number of benzene rings is 1. The van der Waals surface area contributed by atoms with Gasteiger partial charge in [0.15, 0.2) is 11.5 Å². The van der Waals surface area contributed by atoms with Crippen LogP contribution in [-0.4, -0.2) is 105 Å². The number of aliphatic hydroxyl groups is 5. The van der Waals surface area contributed by atoms with Crippen LogP contribution in [0.4, 0.5) is 0 Å². The van der Waals surface area contributed by atoms with Gasteiger partial charge in [-0.1, -0.05) is 70.9 Å². The number of phenolic OH excluding ortho intramolecular Hbond substituents is 1. The van der Waals surface area contributed by atoms with Crippen LogP contribution >= 0.6 is 21.6 Å². The smallest absolute Gasteiger partial charge is 0.161 e. The summed E-state index contributed by atoms with van der Waals surface area (Å²) < 4.78 is 13.2. The molecule has 0 bridgehead atoms. The highest BCUT2D eigenvalue weighted by Gasteiger charge is 2.44. The molecule has 13 heteroatoms. The van der Waals surface area contributed by atoms with Gasteiger partial charge in [-0.2, -0.15) is 0 Å². The summed E-state index contributed by atoms with van der Waals surface area (Å²) in [5, 5.41) is 69.7. The largest absolute Gasteiger partial charge is 0.504 e. The maximum Gasteiger partial charge on any atom is 0.161 e. The van der Waals surface area contributed by atoms with Crippen molar-refractivity contribution in [3.8, 4) is 23.3 Å². The fraction of sp³-hybridized carbons (Fsp3) is 0.617. The van der Waals surface area contributed by atoms with Crippen LogP contribution in [0.3, 0.4) is 0 Å². The summed E-state index contributed by atoms with van der Waals surface area (Å²) in [6.45, 7) is 2.72. The molecule has 0 amide bonds. The Bertz CT molecular complexity index is 1890. The van der Waals surface area contributed by atoms with Gasteiger partial charge in [-0.3, -0.25) is 0 Å². The summed E-state index contributed by atoms with van der Waals surface area (Å²) in [6.07, 6.45) is 10.7. The number of dihydropyridines is 1. The predicted molar refractivity (Wildman–Crippen MR) is 238 cm³/mol. The van der Waals surface area contributed by atoms with Gasteiger partial charge in [0.1, 0.15) is 11.9 Å². The van der Waals surface area contributed by atoms with Crippen LogP contribution in [0.15, 0.2) is 65.2 Å². The minimum Gasteiger partial charge on any atom is -0.504 e. The topological polar surface area (TPSA) is 194 Å². The number of ether oxygens (including phenoxy) is 2. The minimum absolute atomic E-state index is 0.00330. The fourth-order valence-corrected chi connectivity index (χ4v) is 12.8. The molecule has 10 N–H and O–H groups in total. The summed E-state index contributed by atoms with van der Waals surface area (Å²) >= 11 is 0. The number of aromatic nitrogens is 1. The molecule has 11 atom stereocenters. The molecule has 11 nitrogen and oxygen atoms in total. The second kappa shape index (κ2) is 21.3. The van der Waals surface area contributed by atoms with E-state index < -0.39 is 24.2 Å². The lowest BCUT2D eigenvalue weighted by Gasteiger charge is -2.37. The number of nitrogens with one attached hydrogen (secondary N) is 2. The fourth-order valence-electron chi connectivity index (χ4n) is 10.3. The van der Waals surface area contributed by atoms with Crippen molar-refractivity contribution in [2.75, 3.05) is 44.5 Å². The molecular formula is C47H65N3O8S2. The van der Waals surface area contributed by atoms with E-state index in [4.69, 9.17) is 15.2 Å². The Morgan fingerprint density at radius 1 is 1.00 bits per heavy atom. The molecule has 0 spiro atoms. The zero-order valence-corrected chi connectivity index (χ0v) is 36.4. The van der Waals surface area contributed by atoms with Crippen LogP contribution in [0.25, 0.3) is 0 Å². The first-order chi connectivity index (χ1) is 29.2. The quantitative estimate of drug-likeness (QED) is 0.0804. The molecule has 1 saturated heterocycles. The number of allylic oxidation sites excluding steroid dienone is 3. The van der Waals surface area contributed by atoms with E-state index >= 15 is 0 Å². The number of aliphatic hydroxyl groups excluding tert-OH is 5. The van der Waals surface area contributed by atoms with E-state index in [0.29, 0.717) is 56.0 Å². The molecule has 60 heavy (non-hydrogen) atoms. The highest BCUT2D eigenvalue weighted by Crippen LogP contribution is 2.51. The molecule has 0 unspecified atom stereocenters. The molecule has 3 aliphatic carbocycles. The maximum absolute atomic E-state index is 12.3. The van der Waals surface area contributed by atoms with Crippen molar-refractivity contribution in [2.24, 2.45) is 41.2 Å². The van der Waals surface area contributed by atoms with Gasteiger partial charge in [-0.15, -0.1) is 0 Å². The third kappa shape index (κ3) is 10.4. The first-order valence-corrected chi connectivity index (χ1v) is 24.6. The lowest BCUT2D eigenvalue weighted by molar-refractivity contribution is -0.0603. The van der Waals surface area contributed by atoms with Crippen molar-refractivity contribution >= 4 is 21.6 Å². The second-order valence-electron chi connectivity index (χ2n) is 17.3. The number of hydrogen-bond donors (Lipinski definition) is 9. The van der Waals surface area contributed by atoms with Gasteiger partial charge in [0.2, 0.25) is 0 Å². The number of aromatic amines is 1. The average Bonchev–Trinajstić information content (AvgIpc) is 3.70. The molecule has 1 aromatic heterocycles. The van der Waals surface area contributed by atoms with Crippen molar-refractivity contribution in [1.29, 1.82) is 0 Å². The number of nitrogens with two attached hydrogens (primary N) is 1. The van der Waals surface area contributed by atoms with E-state index in [2.05, 4.69) is 47.3 Å². The van der Waals surface area contributed by atoms with Gasteiger partial charge in [-0.05, 0) is 104 Å². The summed E-state index contributed by atoms with van der Waals surface area (Å²) in [6, 6.07) is 7.77. The predicted octanol–water partition coefficient (Wildman–Crippen LogP) is 5.32. The highest BCUT2D eigenvalue weighted by atomic mass is 33.1. The molecule has 3 heterocycles. The van der Waals surface area contributed by atoms with Gasteiger partial charge < -0.3 is 56.1 Å². The van der Waals surface area contributed by atoms with Gasteiger partial charge in [0.25, 0.3) is 0 Å².